The van der Waals surface area contributed by atoms with E-state index in [0.717, 1.165) is 18.4 Å². The van der Waals surface area contributed by atoms with Gasteiger partial charge in [-0.25, -0.2) is 4.39 Å². The average Bonchev–Trinajstić information content (AvgIpc) is 2.19. The van der Waals surface area contributed by atoms with Crippen LogP contribution in [-0.2, 0) is 0 Å². The maximum Gasteiger partial charge on any atom is 0.123 e. The van der Waals surface area contributed by atoms with E-state index in [4.69, 9.17) is 5.73 Å². The number of halogens is 1. The Balaban J connectivity index is 2.68. The monoisotopic (exact) mass is 196 g/mol. The molecule has 1 aromatic carbocycles. The molecule has 0 aromatic heterocycles. The van der Waals surface area contributed by atoms with E-state index in [9.17, 15) is 4.39 Å². The van der Waals surface area contributed by atoms with Crippen molar-refractivity contribution in [1.29, 1.82) is 0 Å². The molecular weight excluding hydrogens is 179 g/mol. The van der Waals surface area contributed by atoms with Crippen LogP contribution in [0.3, 0.4) is 0 Å². The van der Waals surface area contributed by atoms with Gasteiger partial charge < -0.3 is 11.1 Å². The van der Waals surface area contributed by atoms with Crippen molar-refractivity contribution in [2.45, 2.75) is 18.9 Å². The van der Waals surface area contributed by atoms with Crippen LogP contribution in [-0.4, -0.2) is 13.6 Å². The molecule has 3 N–H and O–H groups in total. The number of nitrogens with one attached hydrogen (secondary N) is 1. The van der Waals surface area contributed by atoms with E-state index in [2.05, 4.69) is 5.32 Å². The van der Waals surface area contributed by atoms with Gasteiger partial charge in [-0.15, -0.1) is 0 Å². The molecular formula is C11H17FN2. The fraction of sp³-hybridized carbons (Fsp3) is 0.455. The molecule has 0 aliphatic carbocycles. The van der Waals surface area contributed by atoms with Crippen molar-refractivity contribution >= 4 is 0 Å². The van der Waals surface area contributed by atoms with Crippen LogP contribution in [0, 0.1) is 5.82 Å². The highest BCUT2D eigenvalue weighted by atomic mass is 19.1. The smallest absolute Gasteiger partial charge is 0.123 e. The third kappa shape index (κ3) is 3.09. The van der Waals surface area contributed by atoms with Gasteiger partial charge in [0.05, 0.1) is 0 Å². The molecule has 3 heteroatoms. The molecule has 1 atom stereocenters. The molecule has 0 bridgehead atoms. The molecule has 0 fully saturated rings. The van der Waals surface area contributed by atoms with Gasteiger partial charge in [-0.1, -0.05) is 12.1 Å². The summed E-state index contributed by atoms with van der Waals surface area (Å²) >= 11 is 0. The fourth-order valence-electron chi connectivity index (χ4n) is 1.52. The molecule has 1 aromatic rings. The van der Waals surface area contributed by atoms with Crippen LogP contribution in [0.2, 0.25) is 0 Å². The Morgan fingerprint density at radius 1 is 1.50 bits per heavy atom. The van der Waals surface area contributed by atoms with Gasteiger partial charge in [0.1, 0.15) is 5.82 Å². The summed E-state index contributed by atoms with van der Waals surface area (Å²) < 4.78 is 12.9. The molecule has 0 saturated carbocycles. The van der Waals surface area contributed by atoms with Gasteiger partial charge in [0.15, 0.2) is 0 Å². The van der Waals surface area contributed by atoms with Crippen molar-refractivity contribution in [1.82, 2.24) is 5.32 Å². The van der Waals surface area contributed by atoms with Gasteiger partial charge in [-0.2, -0.15) is 0 Å². The van der Waals surface area contributed by atoms with E-state index in [1.165, 1.54) is 6.07 Å². The molecule has 0 aliphatic rings. The second kappa shape index (κ2) is 5.73. The quantitative estimate of drug-likeness (QED) is 0.754. The summed E-state index contributed by atoms with van der Waals surface area (Å²) in [6, 6.07) is 6.89. The maximum absolute atomic E-state index is 12.9. The van der Waals surface area contributed by atoms with Crippen molar-refractivity contribution in [3.8, 4) is 0 Å². The highest BCUT2D eigenvalue weighted by Gasteiger charge is 2.08. The number of benzene rings is 1. The van der Waals surface area contributed by atoms with Gasteiger partial charge >= 0.3 is 0 Å². The van der Waals surface area contributed by atoms with Crippen LogP contribution in [0.15, 0.2) is 24.3 Å². The largest absolute Gasteiger partial charge is 0.330 e. The molecule has 1 rings (SSSR count). The molecule has 0 saturated heterocycles. The summed E-state index contributed by atoms with van der Waals surface area (Å²) in [6.45, 7) is 0.674. The Labute approximate surface area is 84.3 Å². The molecule has 0 heterocycles. The van der Waals surface area contributed by atoms with E-state index in [0.29, 0.717) is 6.54 Å². The van der Waals surface area contributed by atoms with Crippen molar-refractivity contribution in [2.75, 3.05) is 13.6 Å². The molecule has 0 amide bonds. The van der Waals surface area contributed by atoms with E-state index in [1.54, 1.807) is 12.1 Å². The van der Waals surface area contributed by atoms with Crippen LogP contribution >= 0.6 is 0 Å². The predicted octanol–water partition coefficient (Wildman–Crippen LogP) is 1.83. The lowest BCUT2D eigenvalue weighted by Gasteiger charge is -2.15. The molecule has 1 unspecified atom stereocenters. The van der Waals surface area contributed by atoms with Gasteiger partial charge in [0, 0.05) is 6.04 Å². The normalized spacial score (nSPS) is 12.8. The van der Waals surface area contributed by atoms with Gasteiger partial charge in [0.2, 0.25) is 0 Å². The predicted molar refractivity (Wildman–Crippen MR) is 56.5 cm³/mol. The second-order valence-electron chi connectivity index (χ2n) is 3.33. The first-order valence-corrected chi connectivity index (χ1v) is 4.90. The number of hydrogen-bond donors (Lipinski definition) is 2. The summed E-state index contributed by atoms with van der Waals surface area (Å²) in [5.41, 5.74) is 6.42. The Morgan fingerprint density at radius 2 is 2.29 bits per heavy atom. The SMILES string of the molecule is CNC(CCCN)c1cccc(F)c1. The second-order valence-corrected chi connectivity index (χ2v) is 3.33. The first kappa shape index (κ1) is 11.1. The highest BCUT2D eigenvalue weighted by molar-refractivity contribution is 5.19. The number of rotatable bonds is 5. The Bertz CT molecular complexity index is 276. The fourth-order valence-corrected chi connectivity index (χ4v) is 1.52. The highest BCUT2D eigenvalue weighted by Crippen LogP contribution is 2.18. The molecule has 0 spiro atoms. The minimum Gasteiger partial charge on any atom is -0.330 e. The van der Waals surface area contributed by atoms with Crippen LogP contribution in [0.4, 0.5) is 4.39 Å². The zero-order valence-corrected chi connectivity index (χ0v) is 8.46. The third-order valence-corrected chi connectivity index (χ3v) is 2.30. The summed E-state index contributed by atoms with van der Waals surface area (Å²) in [5.74, 6) is -0.185. The number of nitrogens with two attached hydrogens (primary N) is 1. The summed E-state index contributed by atoms with van der Waals surface area (Å²) in [7, 11) is 1.88. The molecule has 0 radical (unpaired) electrons. The average molecular weight is 196 g/mol. The van der Waals surface area contributed by atoms with Crippen LogP contribution in [0.1, 0.15) is 24.4 Å². The van der Waals surface area contributed by atoms with Crippen LogP contribution in [0.5, 0.6) is 0 Å². The zero-order chi connectivity index (χ0) is 10.4. The van der Waals surface area contributed by atoms with E-state index < -0.39 is 0 Å². The van der Waals surface area contributed by atoms with Crippen molar-refractivity contribution in [2.24, 2.45) is 5.73 Å². The molecule has 2 nitrogen and oxygen atoms in total. The molecule has 0 aliphatic heterocycles. The zero-order valence-electron chi connectivity index (χ0n) is 8.46. The van der Waals surface area contributed by atoms with Crippen LogP contribution < -0.4 is 11.1 Å². The topological polar surface area (TPSA) is 38.0 Å². The summed E-state index contributed by atoms with van der Waals surface area (Å²) in [4.78, 5) is 0. The lowest BCUT2D eigenvalue weighted by atomic mass is 10.0. The first-order valence-electron chi connectivity index (χ1n) is 4.90. The summed E-state index contributed by atoms with van der Waals surface area (Å²) in [5, 5.41) is 3.16. The first-order chi connectivity index (χ1) is 6.77. The Kier molecular flexibility index (Phi) is 4.56. The van der Waals surface area contributed by atoms with Crippen molar-refractivity contribution in [3.63, 3.8) is 0 Å². The van der Waals surface area contributed by atoms with E-state index in [-0.39, 0.29) is 11.9 Å². The van der Waals surface area contributed by atoms with Gasteiger partial charge in [-0.3, -0.25) is 0 Å². The molecule has 14 heavy (non-hydrogen) atoms. The van der Waals surface area contributed by atoms with Gasteiger partial charge in [0.25, 0.3) is 0 Å². The Morgan fingerprint density at radius 3 is 2.86 bits per heavy atom. The number of hydrogen-bond acceptors (Lipinski definition) is 2. The standard InChI is InChI=1S/C11H17FN2/c1-14-11(6-3-7-13)9-4-2-5-10(12)8-9/h2,4-5,8,11,14H,3,6-7,13H2,1H3. The maximum atomic E-state index is 12.9. The van der Waals surface area contributed by atoms with Crippen molar-refractivity contribution < 1.29 is 4.39 Å². The summed E-state index contributed by atoms with van der Waals surface area (Å²) in [6.07, 6.45) is 1.89. The molecule has 78 valence electrons. The van der Waals surface area contributed by atoms with Crippen LogP contribution in [0.25, 0.3) is 0 Å². The lowest BCUT2D eigenvalue weighted by Crippen LogP contribution is -2.17. The minimum absolute atomic E-state index is 0.185. The van der Waals surface area contributed by atoms with E-state index >= 15 is 0 Å². The van der Waals surface area contributed by atoms with E-state index in [1.807, 2.05) is 13.1 Å². The van der Waals surface area contributed by atoms with Gasteiger partial charge in [-0.05, 0) is 44.1 Å². The Hall–Kier alpha value is -0.930. The lowest BCUT2D eigenvalue weighted by molar-refractivity contribution is 0.526. The van der Waals surface area contributed by atoms with Crippen molar-refractivity contribution in [3.05, 3.63) is 35.6 Å². The third-order valence-electron chi connectivity index (χ3n) is 2.30. The minimum atomic E-state index is -0.185.